The van der Waals surface area contributed by atoms with Crippen molar-refractivity contribution in [2.45, 2.75) is 38.9 Å². The Morgan fingerprint density at radius 2 is 1.71 bits per heavy atom. The molecule has 1 aliphatic rings. The molecule has 1 saturated heterocycles. The molecule has 0 unspecified atom stereocenters. The van der Waals surface area contributed by atoms with Crippen molar-refractivity contribution < 1.29 is 9.31 Å². The SMILES string of the molecule is CC1(C)OB(c2cc[nH]c2)OC1(C)C. The average Bonchev–Trinajstić information content (AvgIpc) is 2.58. The number of hydrogen-bond donors (Lipinski definition) is 1. The molecule has 0 radical (unpaired) electrons. The number of aromatic amines is 1. The van der Waals surface area contributed by atoms with Crippen LogP contribution in [0, 0.1) is 0 Å². The minimum atomic E-state index is -0.255. The Morgan fingerprint density at radius 1 is 1.14 bits per heavy atom. The van der Waals surface area contributed by atoms with Crippen LogP contribution in [0.4, 0.5) is 0 Å². The molecule has 1 aromatic rings. The second-order valence-electron chi connectivity index (χ2n) is 4.73. The number of hydrogen-bond acceptors (Lipinski definition) is 2. The lowest BCUT2D eigenvalue weighted by molar-refractivity contribution is 0.00578. The summed E-state index contributed by atoms with van der Waals surface area (Å²) in [6.07, 6.45) is 3.78. The van der Waals surface area contributed by atoms with Crippen molar-refractivity contribution >= 4 is 12.6 Å². The average molecular weight is 193 g/mol. The van der Waals surface area contributed by atoms with Crippen LogP contribution >= 0.6 is 0 Å². The molecule has 4 heteroatoms. The van der Waals surface area contributed by atoms with Crippen molar-refractivity contribution in [1.82, 2.24) is 4.98 Å². The Balaban J connectivity index is 2.22. The van der Waals surface area contributed by atoms with E-state index in [1.54, 1.807) is 0 Å². The monoisotopic (exact) mass is 193 g/mol. The molecule has 1 fully saturated rings. The van der Waals surface area contributed by atoms with Crippen molar-refractivity contribution in [3.63, 3.8) is 0 Å². The highest BCUT2D eigenvalue weighted by molar-refractivity contribution is 6.62. The summed E-state index contributed by atoms with van der Waals surface area (Å²) in [6.45, 7) is 8.22. The number of rotatable bonds is 1. The molecule has 0 aliphatic carbocycles. The lowest BCUT2D eigenvalue weighted by atomic mass is 9.81. The van der Waals surface area contributed by atoms with Gasteiger partial charge in [-0.2, -0.15) is 0 Å². The van der Waals surface area contributed by atoms with E-state index in [0.29, 0.717) is 0 Å². The smallest absolute Gasteiger partial charge is 0.399 e. The molecule has 0 atom stereocenters. The van der Waals surface area contributed by atoms with E-state index in [0.717, 1.165) is 5.46 Å². The van der Waals surface area contributed by atoms with Crippen molar-refractivity contribution in [2.75, 3.05) is 0 Å². The first-order chi connectivity index (χ1) is 6.42. The molecule has 0 spiro atoms. The van der Waals surface area contributed by atoms with Crippen LogP contribution < -0.4 is 5.46 Å². The van der Waals surface area contributed by atoms with Crippen molar-refractivity contribution in [2.24, 2.45) is 0 Å². The van der Waals surface area contributed by atoms with Crippen LogP contribution in [0.2, 0.25) is 0 Å². The van der Waals surface area contributed by atoms with Gasteiger partial charge in [0.2, 0.25) is 0 Å². The van der Waals surface area contributed by atoms with Crippen LogP contribution in [0.5, 0.6) is 0 Å². The predicted octanol–water partition coefficient (Wildman–Crippen LogP) is 1.31. The van der Waals surface area contributed by atoms with E-state index in [1.165, 1.54) is 0 Å². The normalized spacial score (nSPS) is 24.1. The molecular weight excluding hydrogens is 177 g/mol. The molecule has 76 valence electrons. The third-order valence-electron chi connectivity index (χ3n) is 3.15. The van der Waals surface area contributed by atoms with E-state index in [9.17, 15) is 0 Å². The lowest BCUT2D eigenvalue weighted by Gasteiger charge is -2.32. The Morgan fingerprint density at radius 3 is 2.14 bits per heavy atom. The van der Waals surface area contributed by atoms with Crippen LogP contribution in [0.25, 0.3) is 0 Å². The van der Waals surface area contributed by atoms with Gasteiger partial charge in [0.05, 0.1) is 11.2 Å². The molecule has 0 saturated carbocycles. The quantitative estimate of drug-likeness (QED) is 0.682. The third-order valence-corrected chi connectivity index (χ3v) is 3.15. The summed E-state index contributed by atoms with van der Waals surface area (Å²) < 4.78 is 11.7. The molecule has 14 heavy (non-hydrogen) atoms. The van der Waals surface area contributed by atoms with Gasteiger partial charge in [0.15, 0.2) is 0 Å². The van der Waals surface area contributed by atoms with Crippen LogP contribution in [-0.4, -0.2) is 23.3 Å². The number of H-pyrrole nitrogens is 1. The fourth-order valence-corrected chi connectivity index (χ4v) is 1.46. The Kier molecular flexibility index (Phi) is 2.01. The van der Waals surface area contributed by atoms with Gasteiger partial charge in [-0.15, -0.1) is 0 Å². The molecule has 1 aliphatic heterocycles. The first-order valence-electron chi connectivity index (χ1n) is 4.91. The fourth-order valence-electron chi connectivity index (χ4n) is 1.46. The molecule has 1 aromatic heterocycles. The Bertz CT molecular complexity index is 303. The minimum absolute atomic E-state index is 0.244. The number of nitrogens with one attached hydrogen (secondary N) is 1. The fraction of sp³-hybridized carbons (Fsp3) is 0.600. The van der Waals surface area contributed by atoms with E-state index < -0.39 is 0 Å². The van der Waals surface area contributed by atoms with Crippen LogP contribution in [0.1, 0.15) is 27.7 Å². The summed E-state index contributed by atoms with van der Waals surface area (Å²) in [5.74, 6) is 0. The van der Waals surface area contributed by atoms with E-state index in [1.807, 2.05) is 18.5 Å². The van der Waals surface area contributed by atoms with Gasteiger partial charge in [0.1, 0.15) is 0 Å². The first-order valence-corrected chi connectivity index (χ1v) is 4.91. The highest BCUT2D eigenvalue weighted by atomic mass is 16.7. The number of aromatic nitrogens is 1. The van der Waals surface area contributed by atoms with Gasteiger partial charge < -0.3 is 14.3 Å². The summed E-state index contributed by atoms with van der Waals surface area (Å²) in [5, 5.41) is 0. The van der Waals surface area contributed by atoms with Gasteiger partial charge in [0.25, 0.3) is 0 Å². The summed E-state index contributed by atoms with van der Waals surface area (Å²) in [4.78, 5) is 3.00. The second kappa shape index (κ2) is 2.88. The maximum Gasteiger partial charge on any atom is 0.496 e. The third kappa shape index (κ3) is 1.39. The molecule has 0 bridgehead atoms. The van der Waals surface area contributed by atoms with Gasteiger partial charge in [-0.25, -0.2) is 0 Å². The van der Waals surface area contributed by atoms with Crippen molar-refractivity contribution in [1.29, 1.82) is 0 Å². The highest BCUT2D eigenvalue weighted by Gasteiger charge is 2.51. The standard InChI is InChI=1S/C10H16BNO2/c1-9(2)10(3,4)14-11(13-9)8-5-6-12-7-8/h5-7,12H,1-4H3. The van der Waals surface area contributed by atoms with E-state index in [-0.39, 0.29) is 18.3 Å². The molecule has 2 heterocycles. The Labute approximate surface area is 84.9 Å². The predicted molar refractivity (Wildman–Crippen MR) is 56.5 cm³/mol. The van der Waals surface area contributed by atoms with E-state index in [2.05, 4.69) is 32.7 Å². The maximum absolute atomic E-state index is 5.87. The largest absolute Gasteiger partial charge is 0.496 e. The maximum atomic E-state index is 5.87. The Hall–Kier alpha value is -0.735. The summed E-state index contributed by atoms with van der Waals surface area (Å²) in [6, 6.07) is 1.97. The zero-order valence-electron chi connectivity index (χ0n) is 9.13. The molecule has 0 aromatic carbocycles. The first kappa shape index (κ1) is 9.81. The van der Waals surface area contributed by atoms with E-state index in [4.69, 9.17) is 9.31 Å². The zero-order valence-corrected chi connectivity index (χ0v) is 9.13. The highest BCUT2D eigenvalue weighted by Crippen LogP contribution is 2.36. The summed E-state index contributed by atoms with van der Waals surface area (Å²) in [7, 11) is -0.244. The topological polar surface area (TPSA) is 34.2 Å². The van der Waals surface area contributed by atoms with Crippen LogP contribution in [-0.2, 0) is 9.31 Å². The lowest BCUT2D eigenvalue weighted by Crippen LogP contribution is -2.41. The summed E-state index contributed by atoms with van der Waals surface area (Å²) in [5.41, 5.74) is 0.535. The molecule has 1 N–H and O–H groups in total. The van der Waals surface area contributed by atoms with Crippen molar-refractivity contribution in [3.8, 4) is 0 Å². The van der Waals surface area contributed by atoms with Crippen LogP contribution in [0.15, 0.2) is 18.5 Å². The zero-order chi connectivity index (χ0) is 10.4. The minimum Gasteiger partial charge on any atom is -0.399 e. The van der Waals surface area contributed by atoms with Gasteiger partial charge in [-0.05, 0) is 39.2 Å². The van der Waals surface area contributed by atoms with Gasteiger partial charge in [-0.1, -0.05) is 0 Å². The van der Waals surface area contributed by atoms with Gasteiger partial charge in [-0.3, -0.25) is 0 Å². The second-order valence-corrected chi connectivity index (χ2v) is 4.73. The van der Waals surface area contributed by atoms with Gasteiger partial charge in [0, 0.05) is 12.4 Å². The molecule has 2 rings (SSSR count). The molecular formula is C10H16BNO2. The van der Waals surface area contributed by atoms with Crippen molar-refractivity contribution in [3.05, 3.63) is 18.5 Å². The molecule has 3 nitrogen and oxygen atoms in total. The van der Waals surface area contributed by atoms with Crippen LogP contribution in [0.3, 0.4) is 0 Å². The molecule has 0 amide bonds. The van der Waals surface area contributed by atoms with E-state index >= 15 is 0 Å². The summed E-state index contributed by atoms with van der Waals surface area (Å²) >= 11 is 0. The van der Waals surface area contributed by atoms with Gasteiger partial charge >= 0.3 is 7.12 Å².